The molecule has 172 valence electrons. The summed E-state index contributed by atoms with van der Waals surface area (Å²) in [7, 11) is 0. The molecule has 0 saturated heterocycles. The highest BCUT2D eigenvalue weighted by Crippen LogP contribution is 2.27. The van der Waals surface area contributed by atoms with Crippen LogP contribution in [-0.2, 0) is 18.6 Å². The van der Waals surface area contributed by atoms with E-state index in [9.17, 15) is 10.1 Å². The third-order valence-electron chi connectivity index (χ3n) is 6.00. The molecule has 0 amide bonds. The minimum Gasteiger partial charge on any atom is -0.361 e. The summed E-state index contributed by atoms with van der Waals surface area (Å²) in [6, 6.07) is 22.8. The van der Waals surface area contributed by atoms with Crippen LogP contribution in [0.5, 0.6) is 0 Å². The first kappa shape index (κ1) is 21.3. The van der Waals surface area contributed by atoms with Gasteiger partial charge in [-0.2, -0.15) is 4.52 Å². The molecule has 0 fully saturated rings. The van der Waals surface area contributed by atoms with Crippen LogP contribution in [0, 0.1) is 10.1 Å². The van der Waals surface area contributed by atoms with Crippen molar-refractivity contribution in [2.75, 3.05) is 0 Å². The Morgan fingerprint density at radius 3 is 2.51 bits per heavy atom. The lowest BCUT2D eigenvalue weighted by atomic mass is 10.1. The zero-order chi connectivity index (χ0) is 23.8. The summed E-state index contributed by atoms with van der Waals surface area (Å²) in [6.07, 6.45) is 3.60. The first-order chi connectivity index (χ1) is 17.2. The van der Waals surface area contributed by atoms with E-state index in [0.29, 0.717) is 12.2 Å². The third kappa shape index (κ3) is 4.10. The van der Waals surface area contributed by atoms with Gasteiger partial charge >= 0.3 is 0 Å². The average Bonchev–Trinajstić information content (AvgIpc) is 3.51. The van der Waals surface area contributed by atoms with E-state index in [0.717, 1.165) is 45.0 Å². The maximum absolute atomic E-state index is 10.9. The normalized spacial score (nSPS) is 11.5. The molecule has 0 bridgehead atoms. The number of non-ortho nitro benzene ring substituents is 1. The van der Waals surface area contributed by atoms with Gasteiger partial charge in [-0.1, -0.05) is 54.2 Å². The van der Waals surface area contributed by atoms with Crippen LogP contribution in [0.25, 0.3) is 27.5 Å². The zero-order valence-electron chi connectivity index (χ0n) is 18.6. The van der Waals surface area contributed by atoms with Crippen molar-refractivity contribution >= 4 is 44.9 Å². The Hall–Kier alpha value is -4.24. The van der Waals surface area contributed by atoms with Gasteiger partial charge in [-0.05, 0) is 35.7 Å². The van der Waals surface area contributed by atoms with E-state index < -0.39 is 4.92 Å². The second-order valence-electron chi connectivity index (χ2n) is 8.25. The van der Waals surface area contributed by atoms with Gasteiger partial charge in [-0.3, -0.25) is 10.1 Å². The van der Waals surface area contributed by atoms with Gasteiger partial charge in [0, 0.05) is 46.8 Å². The molecular weight excluding hydrogens is 460 g/mol. The lowest BCUT2D eigenvalue weighted by Gasteiger charge is -2.06. The van der Waals surface area contributed by atoms with Crippen LogP contribution < -0.4 is 0 Å². The van der Waals surface area contributed by atoms with Gasteiger partial charge < -0.3 is 4.98 Å². The van der Waals surface area contributed by atoms with E-state index in [1.54, 1.807) is 12.1 Å². The Kier molecular flexibility index (Phi) is 5.38. The van der Waals surface area contributed by atoms with E-state index in [1.165, 1.54) is 34.8 Å². The molecule has 0 aliphatic carbocycles. The molecule has 3 heterocycles. The van der Waals surface area contributed by atoms with Gasteiger partial charge in [0.2, 0.25) is 0 Å². The summed E-state index contributed by atoms with van der Waals surface area (Å²) in [4.78, 5) is 23.6. The van der Waals surface area contributed by atoms with E-state index in [2.05, 4.69) is 29.4 Å². The van der Waals surface area contributed by atoms with E-state index in [-0.39, 0.29) is 5.69 Å². The van der Waals surface area contributed by atoms with Gasteiger partial charge in [0.15, 0.2) is 16.6 Å². The van der Waals surface area contributed by atoms with E-state index in [4.69, 9.17) is 15.1 Å². The SMILES string of the molecule is O=[N+]([O-])c1ccc(CSc2nc3ccccc3c3nc(CCc4c[nH]c5ccccc45)nn23)cc1. The Labute approximate surface area is 204 Å². The molecule has 1 N–H and O–H groups in total. The molecule has 9 heteroatoms. The van der Waals surface area contributed by atoms with Crippen molar-refractivity contribution in [1.29, 1.82) is 0 Å². The van der Waals surface area contributed by atoms with Crippen LogP contribution in [0.2, 0.25) is 0 Å². The van der Waals surface area contributed by atoms with Crippen LogP contribution in [0.1, 0.15) is 17.0 Å². The van der Waals surface area contributed by atoms with Crippen molar-refractivity contribution in [3.63, 3.8) is 0 Å². The molecule has 0 atom stereocenters. The number of nitro benzene ring substituents is 1. The van der Waals surface area contributed by atoms with E-state index >= 15 is 0 Å². The first-order valence-corrected chi connectivity index (χ1v) is 12.2. The number of aryl methyl sites for hydroxylation is 2. The number of aromatic nitrogens is 5. The molecule has 0 spiro atoms. The summed E-state index contributed by atoms with van der Waals surface area (Å²) in [5.74, 6) is 1.38. The first-order valence-electron chi connectivity index (χ1n) is 11.2. The highest BCUT2D eigenvalue weighted by atomic mass is 32.2. The van der Waals surface area contributed by atoms with Crippen molar-refractivity contribution < 1.29 is 4.92 Å². The number of nitrogens with one attached hydrogen (secondary N) is 1. The largest absolute Gasteiger partial charge is 0.361 e. The van der Waals surface area contributed by atoms with Crippen LogP contribution >= 0.6 is 11.8 Å². The second kappa shape index (κ2) is 8.84. The van der Waals surface area contributed by atoms with Gasteiger partial charge in [0.05, 0.1) is 10.4 Å². The molecule has 3 aromatic carbocycles. The molecule has 0 aliphatic rings. The van der Waals surface area contributed by atoms with Crippen molar-refractivity contribution in [2.45, 2.75) is 23.8 Å². The number of H-pyrrole nitrogens is 1. The van der Waals surface area contributed by atoms with Crippen molar-refractivity contribution in [2.24, 2.45) is 0 Å². The van der Waals surface area contributed by atoms with Crippen LogP contribution in [0.4, 0.5) is 5.69 Å². The minimum absolute atomic E-state index is 0.0843. The summed E-state index contributed by atoms with van der Waals surface area (Å²) in [6.45, 7) is 0. The van der Waals surface area contributed by atoms with Crippen LogP contribution in [0.3, 0.4) is 0 Å². The van der Waals surface area contributed by atoms with Crippen LogP contribution in [-0.4, -0.2) is 29.5 Å². The number of fused-ring (bicyclic) bond motifs is 4. The third-order valence-corrected chi connectivity index (χ3v) is 7.00. The number of hydrogen-bond donors (Lipinski definition) is 1. The van der Waals surface area contributed by atoms with Gasteiger partial charge in [-0.25, -0.2) is 9.97 Å². The fourth-order valence-corrected chi connectivity index (χ4v) is 5.12. The fraction of sp³-hybridized carbons (Fsp3) is 0.115. The van der Waals surface area contributed by atoms with Gasteiger partial charge in [-0.15, -0.1) is 5.10 Å². The maximum Gasteiger partial charge on any atom is 0.269 e. The molecule has 35 heavy (non-hydrogen) atoms. The van der Waals surface area contributed by atoms with Crippen molar-refractivity contribution in [1.82, 2.24) is 24.6 Å². The standard InChI is InChI=1S/C26H20N6O2S/c33-32(34)19-12-9-17(10-13-19)16-35-26-28-23-8-4-2-6-21(23)25-29-24(30-31(25)26)14-11-18-15-27-22-7-3-1-5-20(18)22/h1-10,12-13,15,27H,11,14,16H2. The van der Waals surface area contributed by atoms with Gasteiger partial charge in [0.1, 0.15) is 0 Å². The Morgan fingerprint density at radius 2 is 1.69 bits per heavy atom. The number of aromatic amines is 1. The quantitative estimate of drug-likeness (QED) is 0.135. The smallest absolute Gasteiger partial charge is 0.269 e. The number of nitro groups is 1. The summed E-state index contributed by atoms with van der Waals surface area (Å²) in [5, 5.41) is 18.7. The van der Waals surface area contributed by atoms with Crippen molar-refractivity contribution in [3.05, 3.63) is 106 Å². The van der Waals surface area contributed by atoms with Gasteiger partial charge in [0.25, 0.3) is 5.69 Å². The number of hydrogen-bond acceptors (Lipinski definition) is 6. The Bertz CT molecular complexity index is 1690. The molecular formula is C26H20N6O2S. The zero-order valence-corrected chi connectivity index (χ0v) is 19.4. The molecule has 0 aliphatic heterocycles. The number of benzene rings is 3. The Morgan fingerprint density at radius 1 is 0.914 bits per heavy atom. The fourth-order valence-electron chi connectivity index (χ4n) is 4.22. The number of para-hydroxylation sites is 2. The number of thioether (sulfide) groups is 1. The highest BCUT2D eigenvalue weighted by Gasteiger charge is 2.15. The number of nitrogens with zero attached hydrogens (tertiary/aromatic N) is 5. The molecule has 8 nitrogen and oxygen atoms in total. The predicted molar refractivity (Wildman–Crippen MR) is 137 cm³/mol. The Balaban J connectivity index is 1.31. The van der Waals surface area contributed by atoms with E-state index in [1.807, 2.05) is 34.8 Å². The lowest BCUT2D eigenvalue weighted by molar-refractivity contribution is -0.384. The van der Waals surface area contributed by atoms with Crippen LogP contribution in [0.15, 0.2) is 84.1 Å². The lowest BCUT2D eigenvalue weighted by Crippen LogP contribution is -1.99. The number of rotatable bonds is 7. The molecule has 3 aromatic heterocycles. The second-order valence-corrected chi connectivity index (χ2v) is 9.19. The summed E-state index contributed by atoms with van der Waals surface area (Å²) >= 11 is 1.54. The highest BCUT2D eigenvalue weighted by molar-refractivity contribution is 7.98. The maximum atomic E-state index is 10.9. The minimum atomic E-state index is -0.390. The predicted octanol–water partition coefficient (Wildman–Crippen LogP) is 5.74. The van der Waals surface area contributed by atoms with Crippen molar-refractivity contribution in [3.8, 4) is 0 Å². The molecule has 6 rings (SSSR count). The topological polar surface area (TPSA) is 102 Å². The monoisotopic (exact) mass is 480 g/mol. The molecule has 0 saturated carbocycles. The average molecular weight is 481 g/mol. The molecule has 0 radical (unpaired) electrons. The summed E-state index contributed by atoms with van der Waals surface area (Å²) < 4.78 is 1.82. The molecule has 0 unspecified atom stereocenters. The summed E-state index contributed by atoms with van der Waals surface area (Å²) in [5.41, 5.74) is 5.09. The molecule has 6 aromatic rings.